The Kier molecular flexibility index (Phi) is 12.3. The van der Waals surface area contributed by atoms with Crippen LogP contribution in [0.2, 0.25) is 0 Å². The molecule has 0 spiro atoms. The first kappa shape index (κ1) is 20.8. The molecule has 128 valence electrons. The fourth-order valence-electron chi connectivity index (χ4n) is 2.46. The van der Waals surface area contributed by atoms with Crippen molar-refractivity contribution >= 4 is 0 Å². The number of hydrogen-bond acceptors (Lipinski definition) is 4. The SMILES string of the molecule is CCCCC(CC)COCC(O)CNCC(C)(O)CCC. The third-order valence-corrected chi connectivity index (χ3v) is 3.88. The average molecular weight is 303 g/mol. The Balaban J connectivity index is 3.68. The molecule has 0 rings (SSSR count). The molecule has 3 N–H and O–H groups in total. The number of hydrogen-bond donors (Lipinski definition) is 3. The molecule has 0 saturated carbocycles. The molecule has 0 aliphatic carbocycles. The van der Waals surface area contributed by atoms with Gasteiger partial charge in [0, 0.05) is 19.7 Å². The van der Waals surface area contributed by atoms with Gasteiger partial charge in [-0.2, -0.15) is 0 Å². The maximum atomic E-state index is 10.0. The maximum absolute atomic E-state index is 10.0. The lowest BCUT2D eigenvalue weighted by atomic mass is 10.0. The van der Waals surface area contributed by atoms with Crippen LogP contribution in [0, 0.1) is 5.92 Å². The average Bonchev–Trinajstić information content (AvgIpc) is 2.42. The third kappa shape index (κ3) is 12.1. The molecular weight excluding hydrogens is 266 g/mol. The Hall–Kier alpha value is -0.160. The van der Waals surface area contributed by atoms with Gasteiger partial charge in [0.25, 0.3) is 0 Å². The summed E-state index contributed by atoms with van der Waals surface area (Å²) >= 11 is 0. The predicted molar refractivity (Wildman–Crippen MR) is 88.5 cm³/mol. The highest BCUT2D eigenvalue weighted by molar-refractivity contribution is 4.75. The lowest BCUT2D eigenvalue weighted by Crippen LogP contribution is -2.41. The molecule has 0 saturated heterocycles. The standard InChI is InChI=1S/C17H37NO3/c1-5-8-9-15(7-3)12-21-13-16(19)11-18-14-17(4,20)10-6-2/h15-16,18-20H,5-14H2,1-4H3. The number of aliphatic hydroxyl groups is 2. The van der Waals surface area contributed by atoms with Gasteiger partial charge in [-0.1, -0.05) is 46.5 Å². The van der Waals surface area contributed by atoms with Crippen molar-refractivity contribution in [3.63, 3.8) is 0 Å². The smallest absolute Gasteiger partial charge is 0.0897 e. The highest BCUT2D eigenvalue weighted by atomic mass is 16.5. The highest BCUT2D eigenvalue weighted by Gasteiger charge is 2.18. The lowest BCUT2D eigenvalue weighted by molar-refractivity contribution is 0.0122. The molecule has 0 aromatic carbocycles. The monoisotopic (exact) mass is 303 g/mol. The molecule has 0 aliphatic rings. The van der Waals surface area contributed by atoms with E-state index in [1.807, 2.05) is 6.92 Å². The number of aliphatic hydroxyl groups excluding tert-OH is 1. The number of unbranched alkanes of at least 4 members (excludes halogenated alkanes) is 1. The first-order valence-electron chi connectivity index (χ1n) is 8.64. The maximum Gasteiger partial charge on any atom is 0.0897 e. The number of ether oxygens (including phenoxy) is 1. The van der Waals surface area contributed by atoms with Crippen LogP contribution >= 0.6 is 0 Å². The zero-order valence-electron chi connectivity index (χ0n) is 14.5. The van der Waals surface area contributed by atoms with Crippen molar-refractivity contribution in [1.82, 2.24) is 5.32 Å². The van der Waals surface area contributed by atoms with E-state index in [0.29, 0.717) is 25.6 Å². The van der Waals surface area contributed by atoms with E-state index in [1.54, 1.807) is 0 Å². The van der Waals surface area contributed by atoms with Crippen LogP contribution in [0.3, 0.4) is 0 Å². The van der Waals surface area contributed by atoms with E-state index in [1.165, 1.54) is 19.3 Å². The van der Waals surface area contributed by atoms with Crippen LogP contribution in [0.15, 0.2) is 0 Å². The van der Waals surface area contributed by atoms with E-state index < -0.39 is 11.7 Å². The molecule has 21 heavy (non-hydrogen) atoms. The van der Waals surface area contributed by atoms with E-state index in [9.17, 15) is 10.2 Å². The van der Waals surface area contributed by atoms with Crippen molar-refractivity contribution < 1.29 is 14.9 Å². The minimum Gasteiger partial charge on any atom is -0.389 e. The van der Waals surface area contributed by atoms with Crippen LogP contribution in [0.4, 0.5) is 0 Å². The van der Waals surface area contributed by atoms with Crippen LogP contribution in [0.5, 0.6) is 0 Å². The summed E-state index contributed by atoms with van der Waals surface area (Å²) in [5, 5.41) is 23.0. The fourth-order valence-corrected chi connectivity index (χ4v) is 2.46. The second-order valence-electron chi connectivity index (χ2n) is 6.49. The molecule has 4 heteroatoms. The zero-order valence-corrected chi connectivity index (χ0v) is 14.5. The van der Waals surface area contributed by atoms with E-state index in [0.717, 1.165) is 25.9 Å². The van der Waals surface area contributed by atoms with Gasteiger partial charge in [-0.15, -0.1) is 0 Å². The van der Waals surface area contributed by atoms with Crippen LogP contribution < -0.4 is 5.32 Å². The first-order chi connectivity index (χ1) is 9.95. The number of rotatable bonds is 14. The molecule has 0 aromatic heterocycles. The lowest BCUT2D eigenvalue weighted by Gasteiger charge is -2.24. The topological polar surface area (TPSA) is 61.7 Å². The van der Waals surface area contributed by atoms with E-state index in [-0.39, 0.29) is 0 Å². The Morgan fingerprint density at radius 3 is 2.43 bits per heavy atom. The Bertz CT molecular complexity index is 234. The van der Waals surface area contributed by atoms with E-state index >= 15 is 0 Å². The van der Waals surface area contributed by atoms with Crippen molar-refractivity contribution in [2.24, 2.45) is 5.92 Å². The second-order valence-corrected chi connectivity index (χ2v) is 6.49. The van der Waals surface area contributed by atoms with Gasteiger partial charge in [0.05, 0.1) is 18.3 Å². The van der Waals surface area contributed by atoms with Crippen LogP contribution in [0.1, 0.15) is 66.2 Å². The summed E-state index contributed by atoms with van der Waals surface area (Å²) in [6, 6.07) is 0. The first-order valence-corrected chi connectivity index (χ1v) is 8.64. The second kappa shape index (κ2) is 12.4. The van der Waals surface area contributed by atoms with Crippen molar-refractivity contribution in [3.8, 4) is 0 Å². The molecule has 0 aliphatic heterocycles. The van der Waals surface area contributed by atoms with Crippen molar-refractivity contribution in [2.45, 2.75) is 77.9 Å². The summed E-state index contributed by atoms with van der Waals surface area (Å²) in [4.78, 5) is 0. The Morgan fingerprint density at radius 2 is 1.86 bits per heavy atom. The molecule has 0 aromatic rings. The molecule has 0 heterocycles. The normalized spacial score (nSPS) is 17.4. The van der Waals surface area contributed by atoms with Crippen LogP contribution in [-0.2, 0) is 4.74 Å². The fraction of sp³-hybridized carbons (Fsp3) is 1.00. The van der Waals surface area contributed by atoms with Gasteiger partial charge in [0.15, 0.2) is 0 Å². The summed E-state index contributed by atoms with van der Waals surface area (Å²) in [6.07, 6.45) is 6.03. The zero-order chi connectivity index (χ0) is 16.1. The van der Waals surface area contributed by atoms with Crippen molar-refractivity contribution in [2.75, 3.05) is 26.3 Å². The quantitative estimate of drug-likeness (QED) is 0.462. The highest BCUT2D eigenvalue weighted by Crippen LogP contribution is 2.13. The van der Waals surface area contributed by atoms with Crippen LogP contribution in [-0.4, -0.2) is 48.2 Å². The van der Waals surface area contributed by atoms with Gasteiger partial charge >= 0.3 is 0 Å². The van der Waals surface area contributed by atoms with Crippen molar-refractivity contribution in [1.29, 1.82) is 0 Å². The summed E-state index contributed by atoms with van der Waals surface area (Å²) in [5.41, 5.74) is -0.692. The van der Waals surface area contributed by atoms with E-state index in [4.69, 9.17) is 4.74 Å². The van der Waals surface area contributed by atoms with E-state index in [2.05, 4.69) is 26.1 Å². The summed E-state index contributed by atoms with van der Waals surface area (Å²) < 4.78 is 5.62. The molecule has 3 unspecified atom stereocenters. The van der Waals surface area contributed by atoms with Gasteiger partial charge in [-0.3, -0.25) is 0 Å². The van der Waals surface area contributed by atoms with Gasteiger partial charge in [-0.25, -0.2) is 0 Å². The van der Waals surface area contributed by atoms with Crippen molar-refractivity contribution in [3.05, 3.63) is 0 Å². The summed E-state index contributed by atoms with van der Waals surface area (Å²) in [5.74, 6) is 0.607. The minimum absolute atomic E-state index is 0.367. The Labute approximate surface area is 131 Å². The molecule has 0 fully saturated rings. The third-order valence-electron chi connectivity index (χ3n) is 3.88. The van der Waals surface area contributed by atoms with Gasteiger partial charge in [0.1, 0.15) is 0 Å². The molecule has 0 radical (unpaired) electrons. The molecule has 4 nitrogen and oxygen atoms in total. The van der Waals surface area contributed by atoms with Gasteiger partial charge in [0.2, 0.25) is 0 Å². The Morgan fingerprint density at radius 1 is 1.14 bits per heavy atom. The minimum atomic E-state index is -0.692. The van der Waals surface area contributed by atoms with Gasteiger partial charge in [-0.05, 0) is 25.7 Å². The summed E-state index contributed by atoms with van der Waals surface area (Å²) in [7, 11) is 0. The predicted octanol–water partition coefficient (Wildman–Crippen LogP) is 2.72. The van der Waals surface area contributed by atoms with Gasteiger partial charge < -0.3 is 20.3 Å². The summed E-state index contributed by atoms with van der Waals surface area (Å²) in [6.45, 7) is 10.4. The molecular formula is C17H37NO3. The number of nitrogens with one attached hydrogen (secondary N) is 1. The van der Waals surface area contributed by atoms with Crippen LogP contribution in [0.25, 0.3) is 0 Å². The molecule has 0 bridgehead atoms. The largest absolute Gasteiger partial charge is 0.389 e. The molecule has 3 atom stereocenters. The molecule has 0 amide bonds.